The lowest BCUT2D eigenvalue weighted by atomic mass is 10.2. The fourth-order valence-electron chi connectivity index (χ4n) is 1.31. The third-order valence-electron chi connectivity index (χ3n) is 2.12. The van der Waals surface area contributed by atoms with Gasteiger partial charge in [-0.1, -0.05) is 11.8 Å². The molecule has 0 bridgehead atoms. The molecule has 0 saturated carbocycles. The molecule has 0 spiro atoms. The highest BCUT2D eigenvalue weighted by molar-refractivity contribution is 8.01. The zero-order valence-corrected chi connectivity index (χ0v) is 11.3. The van der Waals surface area contributed by atoms with Crippen LogP contribution in [-0.4, -0.2) is 28.9 Å². The van der Waals surface area contributed by atoms with Crippen LogP contribution >= 0.6 is 23.1 Å². The summed E-state index contributed by atoms with van der Waals surface area (Å²) in [5, 5.41) is 2.08. The predicted octanol–water partition coefficient (Wildman–Crippen LogP) is 3.33. The minimum atomic E-state index is 0.778. The molecule has 0 aromatic carbocycles. The van der Waals surface area contributed by atoms with Crippen molar-refractivity contribution in [3.05, 3.63) is 29.9 Å². The van der Waals surface area contributed by atoms with E-state index in [0.717, 1.165) is 34.6 Å². The topological polar surface area (TPSA) is 35.0 Å². The molecule has 0 aliphatic carbocycles. The van der Waals surface area contributed by atoms with Gasteiger partial charge >= 0.3 is 0 Å². The van der Waals surface area contributed by atoms with Crippen LogP contribution in [0.1, 0.15) is 6.92 Å². The summed E-state index contributed by atoms with van der Waals surface area (Å²) in [5.41, 5.74) is 2.14. The molecule has 2 rings (SSSR count). The van der Waals surface area contributed by atoms with E-state index in [9.17, 15) is 0 Å². The van der Waals surface area contributed by atoms with Crippen LogP contribution in [0.25, 0.3) is 11.3 Å². The third-order valence-corrected chi connectivity index (χ3v) is 4.10. The largest absolute Gasteiger partial charge is 0.381 e. The molecule has 0 aliphatic rings. The van der Waals surface area contributed by atoms with Gasteiger partial charge in [0.05, 0.1) is 12.3 Å². The molecule has 0 atom stereocenters. The first-order valence-electron chi connectivity index (χ1n) is 5.46. The number of aromatic nitrogens is 2. The number of pyridine rings is 1. The van der Waals surface area contributed by atoms with Crippen LogP contribution < -0.4 is 0 Å². The fourth-order valence-corrected chi connectivity index (χ4v) is 3.07. The lowest BCUT2D eigenvalue weighted by molar-refractivity contribution is 0.164. The van der Waals surface area contributed by atoms with Crippen molar-refractivity contribution < 1.29 is 4.74 Å². The predicted molar refractivity (Wildman–Crippen MR) is 72.6 cm³/mol. The van der Waals surface area contributed by atoms with E-state index >= 15 is 0 Å². The highest BCUT2D eigenvalue weighted by Gasteiger charge is 2.04. The molecule has 0 aliphatic heterocycles. The van der Waals surface area contributed by atoms with Gasteiger partial charge in [-0.25, -0.2) is 4.98 Å². The third kappa shape index (κ3) is 3.80. The highest BCUT2D eigenvalue weighted by Crippen LogP contribution is 2.27. The van der Waals surface area contributed by atoms with Crippen molar-refractivity contribution in [3.63, 3.8) is 0 Å². The molecule has 2 aromatic rings. The van der Waals surface area contributed by atoms with Gasteiger partial charge in [-0.05, 0) is 19.1 Å². The molecule has 0 radical (unpaired) electrons. The Bertz CT molecular complexity index is 445. The van der Waals surface area contributed by atoms with Crippen LogP contribution in [0.4, 0.5) is 0 Å². The molecular formula is C12H14N2OS2. The molecule has 0 fully saturated rings. The van der Waals surface area contributed by atoms with Crippen LogP contribution in [0.15, 0.2) is 34.2 Å². The van der Waals surface area contributed by atoms with Crippen molar-refractivity contribution in [2.45, 2.75) is 11.3 Å². The summed E-state index contributed by atoms with van der Waals surface area (Å²) in [6, 6.07) is 3.95. The molecule has 5 heteroatoms. The zero-order valence-electron chi connectivity index (χ0n) is 9.63. The van der Waals surface area contributed by atoms with E-state index in [-0.39, 0.29) is 0 Å². The van der Waals surface area contributed by atoms with E-state index in [0.29, 0.717) is 0 Å². The minimum Gasteiger partial charge on any atom is -0.381 e. The number of nitrogens with zero attached hydrogens (tertiary/aromatic N) is 2. The molecule has 3 nitrogen and oxygen atoms in total. The van der Waals surface area contributed by atoms with Gasteiger partial charge in [-0.3, -0.25) is 4.98 Å². The van der Waals surface area contributed by atoms with Gasteiger partial charge in [0.15, 0.2) is 4.34 Å². The number of thiazole rings is 1. The Balaban J connectivity index is 1.92. The van der Waals surface area contributed by atoms with Crippen molar-refractivity contribution in [2.75, 3.05) is 19.0 Å². The van der Waals surface area contributed by atoms with E-state index in [2.05, 4.69) is 15.3 Å². The van der Waals surface area contributed by atoms with E-state index in [1.165, 1.54) is 0 Å². The number of hydrogen-bond acceptors (Lipinski definition) is 5. The van der Waals surface area contributed by atoms with Crippen LogP contribution in [0.3, 0.4) is 0 Å². The standard InChI is InChI=1S/C12H14N2OS2/c1-2-15-7-8-16-12-14-11(9-17-12)10-3-5-13-6-4-10/h3-6,9H,2,7-8H2,1H3. The van der Waals surface area contributed by atoms with Crippen molar-refractivity contribution in [1.29, 1.82) is 0 Å². The lowest BCUT2D eigenvalue weighted by Gasteiger charge is -1.98. The monoisotopic (exact) mass is 266 g/mol. The molecule has 2 heterocycles. The summed E-state index contributed by atoms with van der Waals surface area (Å²) in [4.78, 5) is 8.58. The van der Waals surface area contributed by atoms with E-state index in [1.54, 1.807) is 35.5 Å². The van der Waals surface area contributed by atoms with Gasteiger partial charge in [0.25, 0.3) is 0 Å². The highest BCUT2D eigenvalue weighted by atomic mass is 32.2. The minimum absolute atomic E-state index is 0.778. The van der Waals surface area contributed by atoms with E-state index in [4.69, 9.17) is 4.74 Å². The summed E-state index contributed by atoms with van der Waals surface area (Å²) in [6.07, 6.45) is 3.58. The summed E-state index contributed by atoms with van der Waals surface area (Å²) < 4.78 is 6.39. The summed E-state index contributed by atoms with van der Waals surface area (Å²) in [5.74, 6) is 0.955. The first kappa shape index (κ1) is 12.5. The average molecular weight is 266 g/mol. The smallest absolute Gasteiger partial charge is 0.150 e. The van der Waals surface area contributed by atoms with Gasteiger partial charge in [0, 0.05) is 35.7 Å². The Morgan fingerprint density at radius 1 is 1.35 bits per heavy atom. The normalized spacial score (nSPS) is 10.6. The quantitative estimate of drug-likeness (QED) is 0.593. The van der Waals surface area contributed by atoms with E-state index in [1.807, 2.05) is 19.1 Å². The van der Waals surface area contributed by atoms with Gasteiger partial charge in [0.1, 0.15) is 0 Å². The first-order chi connectivity index (χ1) is 8.40. The maximum Gasteiger partial charge on any atom is 0.150 e. The number of thioether (sulfide) groups is 1. The molecule has 0 unspecified atom stereocenters. The second-order valence-electron chi connectivity index (χ2n) is 3.28. The van der Waals surface area contributed by atoms with Crippen LogP contribution in [0.5, 0.6) is 0 Å². The van der Waals surface area contributed by atoms with Crippen LogP contribution in [0.2, 0.25) is 0 Å². The number of ether oxygens (including phenoxy) is 1. The Labute approximate surface area is 109 Å². The van der Waals surface area contributed by atoms with Crippen molar-refractivity contribution in [2.24, 2.45) is 0 Å². The summed E-state index contributed by atoms with van der Waals surface area (Å²) in [6.45, 7) is 3.57. The van der Waals surface area contributed by atoms with Crippen LogP contribution in [-0.2, 0) is 4.74 Å². The molecule has 0 amide bonds. The Kier molecular flexibility index (Phi) is 4.97. The molecule has 0 saturated heterocycles. The number of hydrogen-bond donors (Lipinski definition) is 0. The second-order valence-corrected chi connectivity index (χ2v) is 5.48. The first-order valence-corrected chi connectivity index (χ1v) is 7.33. The Hall–Kier alpha value is -0.910. The molecule has 17 heavy (non-hydrogen) atoms. The Morgan fingerprint density at radius 3 is 2.94 bits per heavy atom. The van der Waals surface area contributed by atoms with Gasteiger partial charge < -0.3 is 4.74 Å². The van der Waals surface area contributed by atoms with Crippen molar-refractivity contribution in [3.8, 4) is 11.3 Å². The average Bonchev–Trinajstić information content (AvgIpc) is 2.85. The van der Waals surface area contributed by atoms with Gasteiger partial charge in [-0.15, -0.1) is 11.3 Å². The zero-order chi connectivity index (χ0) is 11.9. The van der Waals surface area contributed by atoms with E-state index < -0.39 is 0 Å². The number of rotatable bonds is 6. The summed E-state index contributed by atoms with van der Waals surface area (Å²) in [7, 11) is 0. The molecular weight excluding hydrogens is 252 g/mol. The lowest BCUT2D eigenvalue weighted by Crippen LogP contribution is -1.95. The Morgan fingerprint density at radius 2 is 2.18 bits per heavy atom. The maximum absolute atomic E-state index is 5.29. The molecule has 0 N–H and O–H groups in total. The van der Waals surface area contributed by atoms with Crippen LogP contribution in [0, 0.1) is 0 Å². The van der Waals surface area contributed by atoms with Crippen molar-refractivity contribution in [1.82, 2.24) is 9.97 Å². The van der Waals surface area contributed by atoms with Crippen molar-refractivity contribution >= 4 is 23.1 Å². The summed E-state index contributed by atoms with van der Waals surface area (Å²) >= 11 is 3.42. The maximum atomic E-state index is 5.29. The van der Waals surface area contributed by atoms with Gasteiger partial charge in [0.2, 0.25) is 0 Å². The van der Waals surface area contributed by atoms with Gasteiger partial charge in [-0.2, -0.15) is 0 Å². The molecule has 2 aromatic heterocycles. The fraction of sp³-hybridized carbons (Fsp3) is 0.333. The second kappa shape index (κ2) is 6.74. The SMILES string of the molecule is CCOCCSc1nc(-c2ccncc2)cs1. The molecule has 90 valence electrons.